The molecule has 0 bridgehead atoms. The van der Waals surface area contributed by atoms with E-state index in [4.69, 9.17) is 0 Å². The quantitative estimate of drug-likeness (QED) is 0.382. The van der Waals surface area contributed by atoms with Gasteiger partial charge in [-0.25, -0.2) is 22.2 Å². The fourth-order valence-corrected chi connectivity index (χ4v) is 6.76. The molecule has 0 aliphatic carbocycles. The Bertz CT molecular complexity index is 1840. The number of para-hydroxylation sites is 1. The van der Waals surface area contributed by atoms with Crippen molar-refractivity contribution in [3.63, 3.8) is 0 Å². The topological polar surface area (TPSA) is 123 Å². The number of benzene rings is 3. The number of hydrogen-bond acceptors (Lipinski definition) is 6. The summed E-state index contributed by atoms with van der Waals surface area (Å²) in [5.74, 6) is -3.44. The molecule has 3 aromatic carbocycles. The number of carbonyl (C=O) groups excluding carboxylic acids is 2. The minimum Gasteiger partial charge on any atom is -0.322 e. The van der Waals surface area contributed by atoms with Crippen LogP contribution >= 0.6 is 0 Å². The number of aliphatic imine (C=N–C) groups is 1. The third kappa shape index (κ3) is 4.80. The van der Waals surface area contributed by atoms with Gasteiger partial charge in [-0.1, -0.05) is 54.6 Å². The Hall–Kier alpha value is -4.71. The zero-order valence-corrected chi connectivity index (χ0v) is 22.3. The highest BCUT2D eigenvalue weighted by molar-refractivity contribution is 7.91. The van der Waals surface area contributed by atoms with E-state index in [1.165, 1.54) is 35.0 Å². The molecule has 12 heteroatoms. The Morgan fingerprint density at radius 3 is 2.41 bits per heavy atom. The lowest BCUT2D eigenvalue weighted by Crippen LogP contribution is -2.43. The van der Waals surface area contributed by atoms with Crippen LogP contribution in [0.15, 0.2) is 82.8 Å². The summed E-state index contributed by atoms with van der Waals surface area (Å²) in [6, 6.07) is 18.6. The number of nitrogens with one attached hydrogen (secondary N) is 2. The number of benzodiazepines with no additional fused rings is 1. The van der Waals surface area contributed by atoms with E-state index in [1.807, 2.05) is 0 Å². The number of sulfone groups is 1. The van der Waals surface area contributed by atoms with Crippen molar-refractivity contribution in [3.05, 3.63) is 101 Å². The maximum atomic E-state index is 14.9. The van der Waals surface area contributed by atoms with E-state index in [0.29, 0.717) is 24.0 Å². The lowest BCUT2D eigenvalue weighted by atomic mass is 10.0. The van der Waals surface area contributed by atoms with E-state index >= 15 is 0 Å². The summed E-state index contributed by atoms with van der Waals surface area (Å²) in [5.41, 5.74) is 0.373. The van der Waals surface area contributed by atoms with Crippen molar-refractivity contribution in [1.82, 2.24) is 15.1 Å². The second-order valence-corrected chi connectivity index (χ2v) is 11.7. The number of carbonyl (C=O) groups is 2. The Balaban J connectivity index is 1.49. The fourth-order valence-electron chi connectivity index (χ4n) is 5.03. The Kier molecular flexibility index (Phi) is 6.70. The molecule has 4 aromatic rings. The summed E-state index contributed by atoms with van der Waals surface area (Å²) in [6.07, 6.45) is -0.728. The number of aromatic nitrogens is 2. The predicted molar refractivity (Wildman–Crippen MR) is 147 cm³/mol. The highest BCUT2D eigenvalue weighted by Crippen LogP contribution is 2.33. The lowest BCUT2D eigenvalue weighted by Gasteiger charge is -2.15. The number of amides is 2. The molecule has 0 spiro atoms. The summed E-state index contributed by atoms with van der Waals surface area (Å²) >= 11 is 0. The maximum absolute atomic E-state index is 14.9. The Labute approximate surface area is 233 Å². The van der Waals surface area contributed by atoms with Gasteiger partial charge in [-0.05, 0) is 31.0 Å². The van der Waals surface area contributed by atoms with Crippen molar-refractivity contribution in [2.45, 2.75) is 30.6 Å². The minimum absolute atomic E-state index is 0.0679. The molecule has 9 nitrogen and oxygen atoms in total. The van der Waals surface area contributed by atoms with Crippen molar-refractivity contribution in [2.75, 3.05) is 11.1 Å². The van der Waals surface area contributed by atoms with Gasteiger partial charge in [0.05, 0.1) is 17.2 Å². The number of nitrogens with zero attached hydrogens (tertiary/aromatic N) is 3. The van der Waals surface area contributed by atoms with Gasteiger partial charge in [0.25, 0.3) is 11.8 Å². The molecule has 0 radical (unpaired) electrons. The summed E-state index contributed by atoms with van der Waals surface area (Å²) in [6.45, 7) is 0.206. The molecular formula is C29H23F2N5O4S. The van der Waals surface area contributed by atoms with Crippen LogP contribution in [0, 0.1) is 11.6 Å². The van der Waals surface area contributed by atoms with Crippen molar-refractivity contribution in [2.24, 2.45) is 4.99 Å². The molecule has 2 amide bonds. The molecule has 3 heterocycles. The molecule has 0 saturated carbocycles. The average Bonchev–Trinajstić information content (AvgIpc) is 3.21. The van der Waals surface area contributed by atoms with Crippen LogP contribution < -0.4 is 10.6 Å². The molecule has 2 aliphatic heterocycles. The second-order valence-electron chi connectivity index (χ2n) is 9.63. The van der Waals surface area contributed by atoms with Crippen LogP contribution in [0.2, 0.25) is 0 Å². The molecule has 2 N–H and O–H groups in total. The van der Waals surface area contributed by atoms with Crippen molar-refractivity contribution < 1.29 is 26.8 Å². The maximum Gasteiger partial charge on any atom is 0.269 e. The van der Waals surface area contributed by atoms with E-state index in [2.05, 4.69) is 20.7 Å². The molecule has 0 unspecified atom stereocenters. The zero-order valence-electron chi connectivity index (χ0n) is 21.5. The van der Waals surface area contributed by atoms with Gasteiger partial charge in [-0.3, -0.25) is 14.3 Å². The van der Waals surface area contributed by atoms with Gasteiger partial charge in [0.15, 0.2) is 14.9 Å². The highest BCUT2D eigenvalue weighted by Gasteiger charge is 2.37. The molecule has 6 rings (SSSR count). The Morgan fingerprint density at radius 1 is 0.927 bits per heavy atom. The summed E-state index contributed by atoms with van der Waals surface area (Å²) in [7, 11) is -3.99. The van der Waals surface area contributed by atoms with Gasteiger partial charge in [0.1, 0.15) is 22.9 Å². The van der Waals surface area contributed by atoms with Crippen LogP contribution in [-0.2, 0) is 21.2 Å². The van der Waals surface area contributed by atoms with Gasteiger partial charge in [0.2, 0.25) is 6.17 Å². The lowest BCUT2D eigenvalue weighted by molar-refractivity contribution is -0.117. The first-order valence-corrected chi connectivity index (χ1v) is 14.5. The largest absolute Gasteiger partial charge is 0.322 e. The third-order valence-electron chi connectivity index (χ3n) is 6.93. The molecular weight excluding hydrogens is 552 g/mol. The van der Waals surface area contributed by atoms with Crippen LogP contribution in [0.5, 0.6) is 0 Å². The predicted octanol–water partition coefficient (Wildman–Crippen LogP) is 3.94. The van der Waals surface area contributed by atoms with E-state index in [0.717, 1.165) is 0 Å². The third-order valence-corrected chi connectivity index (χ3v) is 8.76. The highest BCUT2D eigenvalue weighted by atomic mass is 32.2. The summed E-state index contributed by atoms with van der Waals surface area (Å²) in [4.78, 5) is 31.7. The van der Waals surface area contributed by atoms with E-state index < -0.39 is 39.5 Å². The summed E-state index contributed by atoms with van der Waals surface area (Å²) in [5, 5.41) is 9.00. The van der Waals surface area contributed by atoms with Crippen LogP contribution in [0.3, 0.4) is 0 Å². The van der Waals surface area contributed by atoms with E-state index in [9.17, 15) is 26.8 Å². The average molecular weight is 576 g/mol. The number of aryl methyl sites for hydroxylation is 1. The minimum atomic E-state index is -3.99. The second kappa shape index (κ2) is 10.4. The van der Waals surface area contributed by atoms with E-state index in [-0.39, 0.29) is 45.5 Å². The molecule has 41 heavy (non-hydrogen) atoms. The van der Waals surface area contributed by atoms with Gasteiger partial charge in [-0.15, -0.1) is 0 Å². The smallest absolute Gasteiger partial charge is 0.269 e. The van der Waals surface area contributed by atoms with Crippen molar-refractivity contribution >= 4 is 33.1 Å². The van der Waals surface area contributed by atoms with Crippen LogP contribution in [-0.4, -0.2) is 47.6 Å². The first-order valence-electron chi connectivity index (χ1n) is 12.9. The van der Waals surface area contributed by atoms with Crippen LogP contribution in [0.4, 0.5) is 14.5 Å². The van der Waals surface area contributed by atoms with Crippen LogP contribution in [0.1, 0.15) is 34.3 Å². The first-order chi connectivity index (χ1) is 19.7. The number of anilines is 1. The molecule has 1 atom stereocenters. The van der Waals surface area contributed by atoms with Crippen molar-refractivity contribution in [3.8, 4) is 11.3 Å². The molecule has 1 aromatic heterocycles. The number of rotatable bonds is 4. The van der Waals surface area contributed by atoms with Gasteiger partial charge in [0, 0.05) is 23.2 Å². The fraction of sp³-hybridized carbons (Fsp3) is 0.172. The molecule has 0 saturated heterocycles. The van der Waals surface area contributed by atoms with Crippen LogP contribution in [0.25, 0.3) is 11.3 Å². The van der Waals surface area contributed by atoms with Crippen molar-refractivity contribution in [1.29, 1.82) is 0 Å². The standard InChI is InChI=1S/C29H23F2N5O4S/c30-20-13-5-4-11-18(20)25-22(29-36(35-25)15-6-7-16-41(29,39)40)27(37)34-26-28(38)33-24-19(12-8-14-21(24)31)23(32-26)17-9-2-1-3-10-17/h1-5,8-14,26H,6-7,15-16H2,(H,33,38)(H,34,37)/t26-/m1/s1. The molecule has 0 fully saturated rings. The number of fused-ring (bicyclic) bond motifs is 2. The summed E-state index contributed by atoms with van der Waals surface area (Å²) < 4.78 is 57.6. The molecule has 208 valence electrons. The van der Waals surface area contributed by atoms with E-state index in [1.54, 1.807) is 42.5 Å². The monoisotopic (exact) mass is 575 g/mol. The Morgan fingerprint density at radius 2 is 1.63 bits per heavy atom. The van der Waals surface area contributed by atoms with Gasteiger partial charge >= 0.3 is 0 Å². The first kappa shape index (κ1) is 26.5. The van der Waals surface area contributed by atoms with Gasteiger partial charge < -0.3 is 10.6 Å². The molecule has 2 aliphatic rings. The number of halogens is 2. The van der Waals surface area contributed by atoms with Gasteiger partial charge in [-0.2, -0.15) is 5.10 Å². The number of hydrogen-bond donors (Lipinski definition) is 2. The normalized spacial score (nSPS) is 17.8. The SMILES string of the molecule is O=C(N[C@H]1N=C(c2ccccc2)c2cccc(F)c2NC1=O)c1c(-c2ccccc2F)nn2c1S(=O)(=O)CCCC2. The zero-order chi connectivity index (χ0) is 28.7.